The summed E-state index contributed by atoms with van der Waals surface area (Å²) in [5.41, 5.74) is 0. The van der Waals surface area contributed by atoms with E-state index in [0.717, 1.165) is 0 Å². The first-order chi connectivity index (χ1) is 6.11. The Balaban J connectivity index is 2.66. The number of hydrogen-bond acceptors (Lipinski definition) is 6. The fraction of sp³-hybridized carbons (Fsp3) is 1.00. The first kappa shape index (κ1) is 10.8. The molecule has 1 rings (SSSR count). The molecule has 13 heavy (non-hydrogen) atoms. The third-order valence-corrected chi connectivity index (χ3v) is 2.08. The van der Waals surface area contributed by atoms with Gasteiger partial charge in [-0.25, -0.2) is 0 Å². The lowest BCUT2D eigenvalue weighted by atomic mass is 9.99. The van der Waals surface area contributed by atoms with Gasteiger partial charge in [0, 0.05) is 7.11 Å². The second-order valence-electron chi connectivity index (χ2n) is 2.93. The molecule has 0 aromatic rings. The van der Waals surface area contributed by atoms with E-state index in [2.05, 4.69) is 0 Å². The molecule has 1 aliphatic rings. The van der Waals surface area contributed by atoms with Crippen molar-refractivity contribution in [2.24, 2.45) is 0 Å². The highest BCUT2D eigenvalue weighted by Crippen LogP contribution is 2.20. The Morgan fingerprint density at radius 3 is 2.23 bits per heavy atom. The summed E-state index contributed by atoms with van der Waals surface area (Å²) < 4.78 is 9.65. The fourth-order valence-corrected chi connectivity index (χ4v) is 1.26. The Morgan fingerprint density at radius 2 is 1.77 bits per heavy atom. The minimum absolute atomic E-state index is 0.440. The van der Waals surface area contributed by atoms with Crippen LogP contribution in [0.25, 0.3) is 0 Å². The van der Waals surface area contributed by atoms with E-state index < -0.39 is 37.3 Å². The number of aliphatic hydroxyl groups is 4. The first-order valence-electron chi connectivity index (χ1n) is 3.95. The molecule has 0 bridgehead atoms. The molecule has 4 N–H and O–H groups in total. The Labute approximate surface area is 75.3 Å². The molecule has 1 aliphatic heterocycles. The maximum Gasteiger partial charge on any atom is 0.186 e. The van der Waals surface area contributed by atoms with E-state index in [4.69, 9.17) is 14.6 Å². The monoisotopic (exact) mass is 194 g/mol. The van der Waals surface area contributed by atoms with Crippen LogP contribution >= 0.6 is 0 Å². The molecule has 3 unspecified atom stereocenters. The maximum absolute atomic E-state index is 9.28. The molecule has 0 amide bonds. The lowest BCUT2D eigenvalue weighted by molar-refractivity contribution is -0.294. The smallest absolute Gasteiger partial charge is 0.186 e. The second-order valence-corrected chi connectivity index (χ2v) is 2.93. The summed E-state index contributed by atoms with van der Waals surface area (Å²) in [6.45, 7) is -0.440. The molecule has 0 radical (unpaired) electrons. The summed E-state index contributed by atoms with van der Waals surface area (Å²) in [6.07, 6.45) is -5.91. The number of aliphatic hydroxyl groups excluding tert-OH is 4. The third-order valence-electron chi connectivity index (χ3n) is 2.08. The first-order valence-corrected chi connectivity index (χ1v) is 3.95. The summed E-state index contributed by atoms with van der Waals surface area (Å²) in [5.74, 6) is 0. The van der Waals surface area contributed by atoms with Crippen LogP contribution < -0.4 is 0 Å². The largest absolute Gasteiger partial charge is 0.394 e. The van der Waals surface area contributed by atoms with Crippen LogP contribution in [0.5, 0.6) is 0 Å². The summed E-state index contributed by atoms with van der Waals surface area (Å²) in [5, 5.41) is 36.6. The van der Waals surface area contributed by atoms with E-state index in [9.17, 15) is 15.3 Å². The zero-order chi connectivity index (χ0) is 10.0. The lowest BCUT2D eigenvalue weighted by Gasteiger charge is -2.38. The molecular formula is C7H14O6. The molecule has 78 valence electrons. The van der Waals surface area contributed by atoms with Gasteiger partial charge < -0.3 is 29.9 Å². The zero-order valence-electron chi connectivity index (χ0n) is 7.20. The van der Waals surface area contributed by atoms with E-state index in [1.54, 1.807) is 0 Å². The molecule has 0 saturated carbocycles. The van der Waals surface area contributed by atoms with Crippen molar-refractivity contribution in [1.29, 1.82) is 0 Å². The highest BCUT2D eigenvalue weighted by Gasteiger charge is 2.43. The molecule has 0 aromatic heterocycles. The van der Waals surface area contributed by atoms with Crippen LogP contribution in [0.2, 0.25) is 0 Å². The van der Waals surface area contributed by atoms with Gasteiger partial charge in [0.05, 0.1) is 6.61 Å². The highest BCUT2D eigenvalue weighted by atomic mass is 16.7. The summed E-state index contributed by atoms with van der Waals surface area (Å²) in [4.78, 5) is 0. The van der Waals surface area contributed by atoms with Crippen molar-refractivity contribution >= 4 is 0 Å². The van der Waals surface area contributed by atoms with Gasteiger partial charge in [-0.3, -0.25) is 0 Å². The van der Waals surface area contributed by atoms with Gasteiger partial charge in [-0.2, -0.15) is 0 Å². The Kier molecular flexibility index (Phi) is 3.60. The molecular weight excluding hydrogens is 180 g/mol. The van der Waals surface area contributed by atoms with E-state index in [-0.39, 0.29) is 0 Å². The topological polar surface area (TPSA) is 99.4 Å². The molecule has 6 heteroatoms. The van der Waals surface area contributed by atoms with Crippen molar-refractivity contribution in [3.63, 3.8) is 0 Å². The average Bonchev–Trinajstić information content (AvgIpc) is 2.15. The summed E-state index contributed by atoms with van der Waals surface area (Å²) in [7, 11) is 1.30. The third kappa shape index (κ3) is 1.98. The Bertz CT molecular complexity index is 143. The number of methoxy groups -OCH3 is 1. The molecule has 6 nitrogen and oxygen atoms in total. The van der Waals surface area contributed by atoms with Crippen LogP contribution in [0.4, 0.5) is 0 Å². The van der Waals surface area contributed by atoms with Gasteiger partial charge in [0.15, 0.2) is 6.29 Å². The van der Waals surface area contributed by atoms with E-state index >= 15 is 0 Å². The standard InChI is InChI=1S/C7H14O6/c1-12-7-6(11)5(10)4(9)3(2-8)13-7/h3-11H,2H2,1H3/t3?,4?,5-,6-,7?/m1/s1. The van der Waals surface area contributed by atoms with Crippen LogP contribution in [0.1, 0.15) is 0 Å². The van der Waals surface area contributed by atoms with Crippen LogP contribution in [0, 0.1) is 0 Å². The van der Waals surface area contributed by atoms with Gasteiger partial charge in [0.1, 0.15) is 24.4 Å². The number of ether oxygens (including phenoxy) is 2. The lowest BCUT2D eigenvalue weighted by Crippen LogP contribution is -2.58. The Morgan fingerprint density at radius 1 is 1.15 bits per heavy atom. The van der Waals surface area contributed by atoms with Gasteiger partial charge in [-0.15, -0.1) is 0 Å². The molecule has 1 fully saturated rings. The van der Waals surface area contributed by atoms with Crippen molar-refractivity contribution in [2.75, 3.05) is 13.7 Å². The Hall–Kier alpha value is -0.240. The average molecular weight is 194 g/mol. The quantitative estimate of drug-likeness (QED) is 0.386. The molecule has 0 spiro atoms. The SMILES string of the molecule is COC1OC(CO)C(O)[C@@H](O)[C@H]1O. The predicted molar refractivity (Wildman–Crippen MR) is 40.8 cm³/mol. The van der Waals surface area contributed by atoms with Crippen molar-refractivity contribution in [1.82, 2.24) is 0 Å². The maximum atomic E-state index is 9.28. The van der Waals surface area contributed by atoms with E-state index in [1.807, 2.05) is 0 Å². The molecule has 1 heterocycles. The van der Waals surface area contributed by atoms with Gasteiger partial charge in [-0.1, -0.05) is 0 Å². The molecule has 0 aromatic carbocycles. The van der Waals surface area contributed by atoms with Crippen LogP contribution in [-0.4, -0.2) is 64.8 Å². The van der Waals surface area contributed by atoms with Crippen molar-refractivity contribution in [3.05, 3.63) is 0 Å². The summed E-state index contributed by atoms with van der Waals surface area (Å²) >= 11 is 0. The van der Waals surface area contributed by atoms with Gasteiger partial charge in [0.2, 0.25) is 0 Å². The molecule has 1 saturated heterocycles. The van der Waals surface area contributed by atoms with Crippen LogP contribution in [0.15, 0.2) is 0 Å². The van der Waals surface area contributed by atoms with Crippen LogP contribution in [0.3, 0.4) is 0 Å². The van der Waals surface area contributed by atoms with Crippen molar-refractivity contribution < 1.29 is 29.9 Å². The highest BCUT2D eigenvalue weighted by molar-refractivity contribution is 4.88. The predicted octanol–water partition coefficient (Wildman–Crippen LogP) is -2.57. The zero-order valence-corrected chi connectivity index (χ0v) is 7.20. The van der Waals surface area contributed by atoms with Crippen molar-refractivity contribution in [2.45, 2.75) is 30.7 Å². The number of rotatable bonds is 2. The van der Waals surface area contributed by atoms with Gasteiger partial charge in [0.25, 0.3) is 0 Å². The van der Waals surface area contributed by atoms with Gasteiger partial charge in [-0.05, 0) is 0 Å². The fourth-order valence-electron chi connectivity index (χ4n) is 1.26. The van der Waals surface area contributed by atoms with Gasteiger partial charge >= 0.3 is 0 Å². The van der Waals surface area contributed by atoms with E-state index in [0.29, 0.717) is 0 Å². The van der Waals surface area contributed by atoms with E-state index in [1.165, 1.54) is 7.11 Å². The minimum Gasteiger partial charge on any atom is -0.394 e. The van der Waals surface area contributed by atoms with Crippen molar-refractivity contribution in [3.8, 4) is 0 Å². The normalized spacial score (nSPS) is 46.4. The summed E-state index contributed by atoms with van der Waals surface area (Å²) in [6, 6.07) is 0. The second kappa shape index (κ2) is 4.32. The molecule has 5 atom stereocenters. The number of hydrogen-bond donors (Lipinski definition) is 4. The molecule has 0 aliphatic carbocycles. The van der Waals surface area contributed by atoms with Crippen LogP contribution in [-0.2, 0) is 9.47 Å². The minimum atomic E-state index is -1.36.